The molecule has 6 heteroatoms. The molecule has 30 heavy (non-hydrogen) atoms. The Balaban J connectivity index is 1.54. The van der Waals surface area contributed by atoms with Crippen LogP contribution in [0.3, 0.4) is 0 Å². The molecular weight excluding hydrogens is 406 g/mol. The average molecular weight is 428 g/mol. The number of para-hydroxylation sites is 4. The summed E-state index contributed by atoms with van der Waals surface area (Å²) in [7, 11) is -1.61. The first kappa shape index (κ1) is 18.9. The molecule has 0 bridgehead atoms. The number of nitrogens with zero attached hydrogens (tertiary/aromatic N) is 2. The van der Waals surface area contributed by atoms with Gasteiger partial charge in [-0.3, -0.25) is 8.88 Å². The Morgan fingerprint density at radius 3 is 1.03 bits per heavy atom. The normalized spacial score (nSPS) is 17.9. The van der Waals surface area contributed by atoms with E-state index in [0.29, 0.717) is 0 Å². The zero-order chi connectivity index (χ0) is 20.2. The van der Waals surface area contributed by atoms with Gasteiger partial charge in [-0.15, -0.1) is 0 Å². The number of benzene rings is 4. The molecule has 148 valence electrons. The van der Waals surface area contributed by atoms with Crippen LogP contribution >= 0.6 is 16.7 Å². The van der Waals surface area contributed by atoms with Crippen molar-refractivity contribution in [3.63, 3.8) is 0 Å². The molecular formula is C24H22N4P2. The Morgan fingerprint density at radius 1 is 0.400 bits per heavy atom. The predicted molar refractivity (Wildman–Crippen MR) is 132 cm³/mol. The zero-order valence-electron chi connectivity index (χ0n) is 16.3. The zero-order valence-corrected chi connectivity index (χ0v) is 18.1. The van der Waals surface area contributed by atoms with Gasteiger partial charge in [0.25, 0.3) is 0 Å². The van der Waals surface area contributed by atoms with Gasteiger partial charge in [-0.1, -0.05) is 72.8 Å². The standard InChI is InChI=1S/C24H22N4P2/c1-5-13-21(14-6-1)25-29-27(23-17-9-3-10-18-23)30(26-22-15-7-2-8-16-22)28(29)24-19-11-4-12-20-24/h1-20,25-26H. The van der Waals surface area contributed by atoms with Crippen molar-refractivity contribution in [2.75, 3.05) is 19.1 Å². The largest absolute Gasteiger partial charge is 0.330 e. The van der Waals surface area contributed by atoms with Crippen LogP contribution in [0.5, 0.6) is 0 Å². The summed E-state index contributed by atoms with van der Waals surface area (Å²) in [5, 5.41) is 7.57. The summed E-state index contributed by atoms with van der Waals surface area (Å²) in [6.45, 7) is 0. The fourth-order valence-corrected chi connectivity index (χ4v) is 8.43. The highest BCUT2D eigenvalue weighted by atomic mass is 31.3. The molecule has 2 N–H and O–H groups in total. The van der Waals surface area contributed by atoms with Crippen LogP contribution in [0.2, 0.25) is 0 Å². The summed E-state index contributed by atoms with van der Waals surface area (Å²) in [6.07, 6.45) is 0. The summed E-state index contributed by atoms with van der Waals surface area (Å²) in [6, 6.07) is 42.2. The molecule has 0 saturated carbocycles. The molecule has 1 aliphatic heterocycles. The highest BCUT2D eigenvalue weighted by Gasteiger charge is 2.49. The Bertz CT molecular complexity index is 968. The third kappa shape index (κ3) is 3.85. The molecule has 5 rings (SSSR count). The van der Waals surface area contributed by atoms with E-state index in [2.05, 4.69) is 128 Å². The van der Waals surface area contributed by atoms with Crippen LogP contribution in [0.15, 0.2) is 121 Å². The first-order valence-corrected chi connectivity index (χ1v) is 12.3. The van der Waals surface area contributed by atoms with Gasteiger partial charge in [-0.2, -0.15) is 0 Å². The maximum absolute atomic E-state index is 3.78. The van der Waals surface area contributed by atoms with Crippen LogP contribution in [-0.4, -0.2) is 0 Å². The lowest BCUT2D eigenvalue weighted by atomic mass is 10.3. The van der Waals surface area contributed by atoms with Gasteiger partial charge >= 0.3 is 0 Å². The molecule has 0 spiro atoms. The minimum absolute atomic E-state index is 0.806. The third-order valence-corrected chi connectivity index (χ3v) is 10.0. The smallest absolute Gasteiger partial charge is 0.218 e. The molecule has 0 aromatic heterocycles. The van der Waals surface area contributed by atoms with Gasteiger partial charge in [-0.05, 0) is 48.5 Å². The van der Waals surface area contributed by atoms with Gasteiger partial charge in [0.2, 0.25) is 16.7 Å². The molecule has 4 aromatic carbocycles. The minimum Gasteiger partial charge on any atom is -0.330 e. The SMILES string of the molecule is c1ccc(NP2N(c3ccccc3)P(Nc3ccccc3)N2c2ccccc2)cc1. The predicted octanol–water partition coefficient (Wildman–Crippen LogP) is 7.69. The van der Waals surface area contributed by atoms with E-state index < -0.39 is 16.7 Å². The quantitative estimate of drug-likeness (QED) is 0.308. The van der Waals surface area contributed by atoms with Gasteiger partial charge in [0, 0.05) is 22.7 Å². The van der Waals surface area contributed by atoms with E-state index >= 15 is 0 Å². The molecule has 0 aliphatic carbocycles. The van der Waals surface area contributed by atoms with Gasteiger partial charge in [-0.25, -0.2) is 0 Å². The highest BCUT2D eigenvalue weighted by Crippen LogP contribution is 2.77. The van der Waals surface area contributed by atoms with E-state index in [0.717, 1.165) is 11.4 Å². The fourth-order valence-electron chi connectivity index (χ4n) is 3.30. The van der Waals surface area contributed by atoms with Crippen molar-refractivity contribution >= 4 is 39.5 Å². The molecule has 0 unspecified atom stereocenters. The lowest BCUT2D eigenvalue weighted by Crippen LogP contribution is -2.42. The van der Waals surface area contributed by atoms with Crippen LogP contribution in [0.25, 0.3) is 0 Å². The van der Waals surface area contributed by atoms with Crippen molar-refractivity contribution in [3.05, 3.63) is 121 Å². The van der Waals surface area contributed by atoms with E-state index in [4.69, 9.17) is 0 Å². The van der Waals surface area contributed by atoms with Crippen LogP contribution in [-0.2, 0) is 0 Å². The van der Waals surface area contributed by atoms with Gasteiger partial charge < -0.3 is 10.2 Å². The molecule has 0 radical (unpaired) electrons. The van der Waals surface area contributed by atoms with Gasteiger partial charge in [0.15, 0.2) is 0 Å². The monoisotopic (exact) mass is 428 g/mol. The first-order valence-electron chi connectivity index (χ1n) is 9.84. The van der Waals surface area contributed by atoms with Crippen molar-refractivity contribution in [1.82, 2.24) is 0 Å². The molecule has 0 atom stereocenters. The number of anilines is 4. The van der Waals surface area contributed by atoms with Crippen molar-refractivity contribution in [2.24, 2.45) is 0 Å². The Hall–Kier alpha value is -3.06. The molecule has 1 saturated heterocycles. The van der Waals surface area contributed by atoms with E-state index in [9.17, 15) is 0 Å². The topological polar surface area (TPSA) is 30.5 Å². The van der Waals surface area contributed by atoms with Crippen molar-refractivity contribution < 1.29 is 0 Å². The number of hydrogen-bond donors (Lipinski definition) is 2. The van der Waals surface area contributed by atoms with Crippen molar-refractivity contribution in [1.29, 1.82) is 0 Å². The Kier molecular flexibility index (Phi) is 5.52. The summed E-state index contributed by atoms with van der Waals surface area (Å²) in [4.78, 5) is 0. The molecule has 4 nitrogen and oxygen atoms in total. The first-order chi connectivity index (χ1) is 14.9. The lowest BCUT2D eigenvalue weighted by Gasteiger charge is -2.57. The van der Waals surface area contributed by atoms with E-state index in [1.807, 2.05) is 12.1 Å². The maximum Gasteiger partial charge on any atom is 0.218 e. The summed E-state index contributed by atoms with van der Waals surface area (Å²) >= 11 is 0. The van der Waals surface area contributed by atoms with Gasteiger partial charge in [0.1, 0.15) is 0 Å². The van der Waals surface area contributed by atoms with Gasteiger partial charge in [0.05, 0.1) is 0 Å². The molecule has 1 aliphatic rings. The van der Waals surface area contributed by atoms with Crippen LogP contribution in [0.1, 0.15) is 0 Å². The summed E-state index contributed by atoms with van der Waals surface area (Å²) < 4.78 is 5.00. The molecule has 1 heterocycles. The Labute approximate surface area is 180 Å². The number of rotatable bonds is 6. The van der Waals surface area contributed by atoms with Crippen LogP contribution in [0.4, 0.5) is 22.7 Å². The fraction of sp³-hybridized carbons (Fsp3) is 0. The number of nitrogens with one attached hydrogen (secondary N) is 2. The van der Waals surface area contributed by atoms with E-state index in [-0.39, 0.29) is 0 Å². The minimum atomic E-state index is -0.806. The van der Waals surface area contributed by atoms with E-state index in [1.54, 1.807) is 0 Å². The van der Waals surface area contributed by atoms with Crippen molar-refractivity contribution in [3.8, 4) is 0 Å². The summed E-state index contributed by atoms with van der Waals surface area (Å²) in [5.41, 5.74) is 4.68. The lowest BCUT2D eigenvalue weighted by molar-refractivity contribution is 1.38. The van der Waals surface area contributed by atoms with Crippen molar-refractivity contribution in [2.45, 2.75) is 0 Å². The summed E-state index contributed by atoms with van der Waals surface area (Å²) in [5.74, 6) is 0. The molecule has 0 amide bonds. The second-order valence-electron chi connectivity index (χ2n) is 6.78. The van der Waals surface area contributed by atoms with Crippen LogP contribution < -0.4 is 19.1 Å². The van der Waals surface area contributed by atoms with Crippen LogP contribution in [0, 0.1) is 0 Å². The Morgan fingerprint density at radius 2 is 0.700 bits per heavy atom. The number of hydrogen-bond acceptors (Lipinski definition) is 4. The van der Waals surface area contributed by atoms with E-state index in [1.165, 1.54) is 11.4 Å². The average Bonchev–Trinajstić information content (AvgIpc) is 2.81. The highest BCUT2D eigenvalue weighted by molar-refractivity contribution is 7.96. The second kappa shape index (κ2) is 8.75. The maximum atomic E-state index is 3.78. The third-order valence-electron chi connectivity index (χ3n) is 4.70. The molecule has 4 aromatic rings. The second-order valence-corrected chi connectivity index (χ2v) is 10.6. The molecule has 1 fully saturated rings.